The molecule has 0 aliphatic heterocycles. The van der Waals surface area contributed by atoms with Crippen LogP contribution in [0.1, 0.15) is 36.2 Å². The lowest BCUT2D eigenvalue weighted by molar-refractivity contribution is 0.188. The number of hydrogen-bond donors (Lipinski definition) is 1. The van der Waals surface area contributed by atoms with Crippen LogP contribution in [-0.2, 0) is 4.74 Å². The maximum Gasteiger partial charge on any atom is 0.243 e. The first-order valence-electron chi connectivity index (χ1n) is 6.64. The highest BCUT2D eigenvalue weighted by Gasteiger charge is 2.15. The average molecular weight is 276 g/mol. The van der Waals surface area contributed by atoms with Gasteiger partial charge in [-0.3, -0.25) is 4.98 Å². The Bertz CT molecular complexity index is 548. The van der Waals surface area contributed by atoms with Crippen molar-refractivity contribution >= 4 is 0 Å². The van der Waals surface area contributed by atoms with Gasteiger partial charge < -0.3 is 15.0 Å². The van der Waals surface area contributed by atoms with Gasteiger partial charge in [0.1, 0.15) is 0 Å². The molecule has 0 spiro atoms. The lowest BCUT2D eigenvalue weighted by Gasteiger charge is -2.05. The van der Waals surface area contributed by atoms with Crippen molar-refractivity contribution in [1.82, 2.24) is 15.1 Å². The molecule has 0 aliphatic rings. The van der Waals surface area contributed by atoms with Gasteiger partial charge in [-0.05, 0) is 38.8 Å². The molecular weight excluding hydrogens is 256 g/mol. The number of nitrogens with two attached hydrogens (primary N) is 1. The van der Waals surface area contributed by atoms with E-state index in [1.165, 1.54) is 0 Å². The molecule has 1 atom stereocenters. The minimum atomic E-state index is -0.254. The fourth-order valence-corrected chi connectivity index (χ4v) is 2.04. The second-order valence-corrected chi connectivity index (χ2v) is 4.84. The van der Waals surface area contributed by atoms with Gasteiger partial charge in [0.05, 0.1) is 6.04 Å². The molecule has 0 amide bonds. The molecule has 20 heavy (non-hydrogen) atoms. The molecule has 0 saturated heterocycles. The minimum absolute atomic E-state index is 0.254. The van der Waals surface area contributed by atoms with E-state index >= 15 is 0 Å². The van der Waals surface area contributed by atoms with Crippen LogP contribution in [0, 0.1) is 13.8 Å². The Balaban J connectivity index is 2.11. The molecule has 6 heteroatoms. The summed E-state index contributed by atoms with van der Waals surface area (Å²) in [4.78, 5) is 8.70. The van der Waals surface area contributed by atoms with Gasteiger partial charge >= 0.3 is 0 Å². The lowest BCUT2D eigenvalue weighted by Crippen LogP contribution is -2.11. The summed E-state index contributed by atoms with van der Waals surface area (Å²) in [6.45, 7) is 4.55. The normalized spacial score (nSPS) is 12.6. The van der Waals surface area contributed by atoms with Crippen LogP contribution in [0.2, 0.25) is 0 Å². The van der Waals surface area contributed by atoms with Crippen LogP contribution < -0.4 is 5.73 Å². The Morgan fingerprint density at radius 2 is 1.95 bits per heavy atom. The van der Waals surface area contributed by atoms with Gasteiger partial charge in [0.2, 0.25) is 11.7 Å². The number of aryl methyl sites for hydroxylation is 2. The lowest BCUT2D eigenvalue weighted by atomic mass is 10.1. The molecule has 2 N–H and O–H groups in total. The summed E-state index contributed by atoms with van der Waals surface area (Å²) in [6, 6.07) is 3.60. The van der Waals surface area contributed by atoms with E-state index in [2.05, 4.69) is 15.1 Å². The standard InChI is InChI=1S/C14H20N4O2/c1-9-7-11(8-10(2)16-9)13-17-14(20-18-13)12(15)5-4-6-19-3/h7-8,12H,4-6,15H2,1-3H3. The summed E-state index contributed by atoms with van der Waals surface area (Å²) < 4.78 is 10.2. The van der Waals surface area contributed by atoms with Gasteiger partial charge in [-0.1, -0.05) is 5.16 Å². The number of hydrogen-bond acceptors (Lipinski definition) is 6. The highest BCUT2D eigenvalue weighted by atomic mass is 16.5. The second-order valence-electron chi connectivity index (χ2n) is 4.84. The first-order chi connectivity index (χ1) is 9.60. The second kappa shape index (κ2) is 6.58. The number of aromatic nitrogens is 3. The molecule has 0 bridgehead atoms. The smallest absolute Gasteiger partial charge is 0.243 e. The monoisotopic (exact) mass is 276 g/mol. The third-order valence-corrected chi connectivity index (χ3v) is 2.96. The van der Waals surface area contributed by atoms with Gasteiger partial charge in [-0.2, -0.15) is 4.98 Å². The van der Waals surface area contributed by atoms with Crippen LogP contribution in [-0.4, -0.2) is 28.8 Å². The summed E-state index contributed by atoms with van der Waals surface area (Å²) in [5.41, 5.74) is 8.77. The van der Waals surface area contributed by atoms with E-state index in [9.17, 15) is 0 Å². The fraction of sp³-hybridized carbons (Fsp3) is 0.500. The van der Waals surface area contributed by atoms with E-state index in [1.54, 1.807) is 7.11 Å². The van der Waals surface area contributed by atoms with Crippen LogP contribution in [0.15, 0.2) is 16.7 Å². The van der Waals surface area contributed by atoms with Crippen molar-refractivity contribution in [1.29, 1.82) is 0 Å². The molecule has 0 fully saturated rings. The molecule has 6 nitrogen and oxygen atoms in total. The summed E-state index contributed by atoms with van der Waals surface area (Å²) in [5.74, 6) is 1.01. The Kier molecular flexibility index (Phi) is 4.81. The third-order valence-electron chi connectivity index (χ3n) is 2.96. The van der Waals surface area contributed by atoms with Gasteiger partial charge in [-0.15, -0.1) is 0 Å². The van der Waals surface area contributed by atoms with Crippen molar-refractivity contribution in [2.24, 2.45) is 5.73 Å². The molecule has 1 unspecified atom stereocenters. The van der Waals surface area contributed by atoms with Crippen molar-refractivity contribution in [3.63, 3.8) is 0 Å². The Morgan fingerprint density at radius 3 is 2.60 bits per heavy atom. The van der Waals surface area contributed by atoms with E-state index in [-0.39, 0.29) is 6.04 Å². The van der Waals surface area contributed by atoms with Crippen molar-refractivity contribution in [3.05, 3.63) is 29.4 Å². The quantitative estimate of drug-likeness (QED) is 0.814. The third kappa shape index (κ3) is 3.61. The van der Waals surface area contributed by atoms with Crippen LogP contribution in [0.5, 0.6) is 0 Å². The van der Waals surface area contributed by atoms with Crippen LogP contribution >= 0.6 is 0 Å². The number of pyridine rings is 1. The van der Waals surface area contributed by atoms with Crippen molar-refractivity contribution in [2.75, 3.05) is 13.7 Å². The van der Waals surface area contributed by atoms with Gasteiger partial charge in [-0.25, -0.2) is 0 Å². The SMILES string of the molecule is COCCCC(N)c1nc(-c2cc(C)nc(C)c2)no1. The largest absolute Gasteiger partial charge is 0.385 e. The molecule has 2 rings (SSSR count). The molecule has 2 aromatic rings. The zero-order valence-electron chi connectivity index (χ0n) is 12.1. The van der Waals surface area contributed by atoms with E-state index in [1.807, 2.05) is 26.0 Å². The first kappa shape index (κ1) is 14.6. The molecular formula is C14H20N4O2. The van der Waals surface area contributed by atoms with Crippen molar-refractivity contribution < 1.29 is 9.26 Å². The summed E-state index contributed by atoms with van der Waals surface area (Å²) in [5, 5.41) is 3.99. The molecule has 108 valence electrons. The Labute approximate surface area is 118 Å². The number of methoxy groups -OCH3 is 1. The minimum Gasteiger partial charge on any atom is -0.385 e. The molecule has 2 heterocycles. The molecule has 0 aromatic carbocycles. The van der Waals surface area contributed by atoms with Crippen LogP contribution in [0.25, 0.3) is 11.4 Å². The van der Waals surface area contributed by atoms with Crippen molar-refractivity contribution in [2.45, 2.75) is 32.7 Å². The fourth-order valence-electron chi connectivity index (χ4n) is 2.04. The maximum absolute atomic E-state index is 6.02. The predicted molar refractivity (Wildman–Crippen MR) is 75.0 cm³/mol. The molecule has 2 aromatic heterocycles. The van der Waals surface area contributed by atoms with E-state index in [0.717, 1.165) is 29.8 Å². The molecule has 0 aliphatic carbocycles. The highest BCUT2D eigenvalue weighted by molar-refractivity contribution is 5.55. The summed E-state index contributed by atoms with van der Waals surface area (Å²) in [6.07, 6.45) is 1.62. The van der Waals surface area contributed by atoms with E-state index < -0.39 is 0 Å². The van der Waals surface area contributed by atoms with E-state index in [0.29, 0.717) is 18.3 Å². The number of ether oxygens (including phenoxy) is 1. The zero-order valence-corrected chi connectivity index (χ0v) is 12.1. The van der Waals surface area contributed by atoms with E-state index in [4.69, 9.17) is 15.0 Å². The van der Waals surface area contributed by atoms with Crippen molar-refractivity contribution in [3.8, 4) is 11.4 Å². The maximum atomic E-state index is 6.02. The number of nitrogens with zero attached hydrogens (tertiary/aromatic N) is 3. The Morgan fingerprint density at radius 1 is 1.25 bits per heavy atom. The first-order valence-corrected chi connectivity index (χ1v) is 6.64. The van der Waals surface area contributed by atoms with Crippen LogP contribution in [0.3, 0.4) is 0 Å². The van der Waals surface area contributed by atoms with Gasteiger partial charge in [0.15, 0.2) is 0 Å². The summed E-state index contributed by atoms with van der Waals surface area (Å²) in [7, 11) is 1.67. The Hall–Kier alpha value is -1.79. The molecule has 0 saturated carbocycles. The predicted octanol–water partition coefficient (Wildman–Crippen LogP) is 2.17. The summed E-state index contributed by atoms with van der Waals surface area (Å²) >= 11 is 0. The molecule has 0 radical (unpaired) electrons. The topological polar surface area (TPSA) is 87.1 Å². The highest BCUT2D eigenvalue weighted by Crippen LogP contribution is 2.21. The van der Waals surface area contributed by atoms with Crippen LogP contribution in [0.4, 0.5) is 0 Å². The zero-order chi connectivity index (χ0) is 14.5. The van der Waals surface area contributed by atoms with Gasteiger partial charge in [0, 0.05) is 30.7 Å². The average Bonchev–Trinajstić information content (AvgIpc) is 2.87. The van der Waals surface area contributed by atoms with Gasteiger partial charge in [0.25, 0.3) is 0 Å². The number of rotatable bonds is 6.